The lowest BCUT2D eigenvalue weighted by Gasteiger charge is -2.08. The SMILES string of the molecule is O=c1[nH]cc(-c2c(Cl)ccc(Cl)c2Cl)cc1Cl. The Bertz CT molecular complexity index is 636. The molecule has 1 aromatic heterocycles. The van der Waals surface area contributed by atoms with Crippen molar-refractivity contribution >= 4 is 46.4 Å². The molecule has 0 aliphatic rings. The lowest BCUT2D eigenvalue weighted by molar-refractivity contribution is 1.24. The largest absolute Gasteiger partial charge is 0.327 e. The van der Waals surface area contributed by atoms with Crippen molar-refractivity contribution in [1.82, 2.24) is 4.98 Å². The topological polar surface area (TPSA) is 32.9 Å². The molecule has 0 unspecified atom stereocenters. The van der Waals surface area contributed by atoms with Gasteiger partial charge in [-0.3, -0.25) is 4.79 Å². The molecule has 1 heterocycles. The third-order valence-electron chi connectivity index (χ3n) is 2.19. The van der Waals surface area contributed by atoms with Crippen LogP contribution in [0.4, 0.5) is 0 Å². The van der Waals surface area contributed by atoms with Gasteiger partial charge in [0.25, 0.3) is 5.56 Å². The lowest BCUT2D eigenvalue weighted by atomic mass is 10.1. The fourth-order valence-electron chi connectivity index (χ4n) is 1.39. The summed E-state index contributed by atoms with van der Waals surface area (Å²) in [5.74, 6) is 0. The summed E-state index contributed by atoms with van der Waals surface area (Å²) < 4.78 is 0. The first kappa shape index (κ1) is 12.8. The first-order valence-electron chi connectivity index (χ1n) is 4.53. The molecule has 0 bridgehead atoms. The molecule has 6 heteroatoms. The van der Waals surface area contributed by atoms with E-state index in [-0.39, 0.29) is 10.6 Å². The van der Waals surface area contributed by atoms with Crippen molar-refractivity contribution in [1.29, 1.82) is 0 Å². The average molecular weight is 309 g/mol. The number of nitrogens with one attached hydrogen (secondary N) is 1. The summed E-state index contributed by atoms with van der Waals surface area (Å²) in [7, 11) is 0. The number of hydrogen-bond acceptors (Lipinski definition) is 1. The van der Waals surface area contributed by atoms with Gasteiger partial charge in [-0.1, -0.05) is 46.4 Å². The predicted molar refractivity (Wildman–Crippen MR) is 72.5 cm³/mol. The number of halogens is 4. The number of benzene rings is 1. The number of hydrogen-bond donors (Lipinski definition) is 1. The van der Waals surface area contributed by atoms with Gasteiger partial charge in [-0.2, -0.15) is 0 Å². The maximum atomic E-state index is 11.2. The predicted octanol–water partition coefficient (Wildman–Crippen LogP) is 4.66. The normalized spacial score (nSPS) is 10.6. The second kappa shape index (κ2) is 4.91. The van der Waals surface area contributed by atoms with Gasteiger partial charge in [-0.25, -0.2) is 0 Å². The standard InChI is InChI=1S/C11H5Cl4NO/c12-6-1-2-7(13)10(15)9(6)5-3-8(14)11(17)16-4-5/h1-4H,(H,16,17). The molecule has 2 aromatic rings. The van der Waals surface area contributed by atoms with Crippen molar-refractivity contribution in [2.75, 3.05) is 0 Å². The van der Waals surface area contributed by atoms with E-state index in [0.29, 0.717) is 26.2 Å². The molecule has 0 saturated carbocycles. The fourth-order valence-corrected chi connectivity index (χ4v) is 2.31. The summed E-state index contributed by atoms with van der Waals surface area (Å²) in [4.78, 5) is 13.7. The van der Waals surface area contributed by atoms with Gasteiger partial charge >= 0.3 is 0 Å². The summed E-state index contributed by atoms with van der Waals surface area (Å²) >= 11 is 23.8. The van der Waals surface area contributed by atoms with Crippen molar-refractivity contribution in [2.24, 2.45) is 0 Å². The van der Waals surface area contributed by atoms with Gasteiger partial charge < -0.3 is 4.98 Å². The van der Waals surface area contributed by atoms with E-state index in [1.165, 1.54) is 12.3 Å². The van der Waals surface area contributed by atoms with E-state index >= 15 is 0 Å². The molecule has 1 aromatic carbocycles. The Morgan fingerprint density at radius 2 is 1.59 bits per heavy atom. The van der Waals surface area contributed by atoms with Crippen LogP contribution in [0.15, 0.2) is 29.2 Å². The Balaban J connectivity index is 2.72. The zero-order valence-corrected chi connectivity index (χ0v) is 11.3. The second-order valence-corrected chi connectivity index (χ2v) is 4.88. The lowest BCUT2D eigenvalue weighted by Crippen LogP contribution is -2.04. The first-order valence-corrected chi connectivity index (χ1v) is 6.04. The smallest absolute Gasteiger partial charge is 0.266 e. The second-order valence-electron chi connectivity index (χ2n) is 3.28. The molecule has 17 heavy (non-hydrogen) atoms. The molecule has 2 rings (SSSR count). The van der Waals surface area contributed by atoms with Crippen molar-refractivity contribution in [3.8, 4) is 11.1 Å². The van der Waals surface area contributed by atoms with E-state index in [1.54, 1.807) is 12.1 Å². The highest BCUT2D eigenvalue weighted by Crippen LogP contribution is 2.38. The van der Waals surface area contributed by atoms with Crippen LogP contribution in [0.2, 0.25) is 20.1 Å². The minimum atomic E-state index is -0.371. The van der Waals surface area contributed by atoms with Crippen LogP contribution in [-0.4, -0.2) is 4.98 Å². The van der Waals surface area contributed by atoms with Crippen LogP contribution in [0.5, 0.6) is 0 Å². The van der Waals surface area contributed by atoms with Crippen LogP contribution in [0.25, 0.3) is 11.1 Å². The number of aromatic nitrogens is 1. The number of aromatic amines is 1. The van der Waals surface area contributed by atoms with Gasteiger partial charge in [-0.15, -0.1) is 0 Å². The Kier molecular flexibility index (Phi) is 3.69. The van der Waals surface area contributed by atoms with Gasteiger partial charge in [0, 0.05) is 17.3 Å². The van der Waals surface area contributed by atoms with Crippen molar-refractivity contribution in [3.05, 3.63) is 54.8 Å². The summed E-state index contributed by atoms with van der Waals surface area (Å²) in [5.41, 5.74) is 0.774. The van der Waals surface area contributed by atoms with Crippen LogP contribution < -0.4 is 5.56 Å². The Labute approximate surface area is 117 Å². The molecule has 0 aliphatic heterocycles. The minimum Gasteiger partial charge on any atom is -0.327 e. The van der Waals surface area contributed by atoms with E-state index in [9.17, 15) is 4.79 Å². The third kappa shape index (κ3) is 2.45. The van der Waals surface area contributed by atoms with E-state index in [2.05, 4.69) is 4.98 Å². The molecule has 0 aliphatic carbocycles. The van der Waals surface area contributed by atoms with Crippen LogP contribution in [-0.2, 0) is 0 Å². The number of H-pyrrole nitrogens is 1. The summed E-state index contributed by atoms with van der Waals surface area (Å²) in [5, 5.41) is 1.20. The fraction of sp³-hybridized carbons (Fsp3) is 0. The monoisotopic (exact) mass is 307 g/mol. The van der Waals surface area contributed by atoms with Gasteiger partial charge in [0.2, 0.25) is 0 Å². The molecule has 0 radical (unpaired) electrons. The van der Waals surface area contributed by atoms with Gasteiger partial charge in [0.05, 0.1) is 15.1 Å². The maximum Gasteiger partial charge on any atom is 0.266 e. The quantitative estimate of drug-likeness (QED) is 0.764. The molecule has 0 saturated heterocycles. The third-order valence-corrected chi connectivity index (χ3v) is 3.59. The zero-order valence-electron chi connectivity index (χ0n) is 8.23. The van der Waals surface area contributed by atoms with Crippen molar-refractivity contribution in [3.63, 3.8) is 0 Å². The van der Waals surface area contributed by atoms with Crippen LogP contribution in [0.3, 0.4) is 0 Å². The number of pyridine rings is 1. The van der Waals surface area contributed by atoms with Crippen molar-refractivity contribution < 1.29 is 0 Å². The maximum absolute atomic E-state index is 11.2. The molecular weight excluding hydrogens is 304 g/mol. The first-order chi connectivity index (χ1) is 8.00. The average Bonchev–Trinajstić information content (AvgIpc) is 2.29. The highest BCUT2D eigenvalue weighted by Gasteiger charge is 2.12. The molecule has 0 amide bonds. The van der Waals surface area contributed by atoms with E-state index in [4.69, 9.17) is 46.4 Å². The van der Waals surface area contributed by atoms with Crippen LogP contribution in [0.1, 0.15) is 0 Å². The molecular formula is C11H5Cl4NO. The highest BCUT2D eigenvalue weighted by molar-refractivity contribution is 6.46. The van der Waals surface area contributed by atoms with Crippen LogP contribution >= 0.6 is 46.4 Å². The highest BCUT2D eigenvalue weighted by atomic mass is 35.5. The van der Waals surface area contributed by atoms with E-state index in [0.717, 1.165) is 0 Å². The minimum absolute atomic E-state index is 0.0645. The van der Waals surface area contributed by atoms with Gasteiger partial charge in [0.15, 0.2) is 0 Å². The summed E-state index contributed by atoms with van der Waals surface area (Å²) in [6.45, 7) is 0. The van der Waals surface area contributed by atoms with Gasteiger partial charge in [-0.05, 0) is 18.2 Å². The zero-order chi connectivity index (χ0) is 12.6. The molecule has 0 fully saturated rings. The molecule has 2 nitrogen and oxygen atoms in total. The summed E-state index contributed by atoms with van der Waals surface area (Å²) in [6, 6.07) is 4.72. The number of rotatable bonds is 1. The Morgan fingerprint density at radius 3 is 2.24 bits per heavy atom. The molecule has 0 spiro atoms. The van der Waals surface area contributed by atoms with Gasteiger partial charge in [0.1, 0.15) is 5.02 Å². The Hall–Kier alpha value is -0.670. The molecule has 88 valence electrons. The van der Waals surface area contributed by atoms with Crippen LogP contribution in [0, 0.1) is 0 Å². The summed E-state index contributed by atoms with van der Waals surface area (Å²) in [6.07, 6.45) is 1.48. The van der Waals surface area contributed by atoms with E-state index < -0.39 is 0 Å². The van der Waals surface area contributed by atoms with Crippen molar-refractivity contribution in [2.45, 2.75) is 0 Å². The Morgan fingerprint density at radius 1 is 0.941 bits per heavy atom. The molecule has 0 atom stereocenters. The molecule has 1 N–H and O–H groups in total. The van der Waals surface area contributed by atoms with E-state index in [1.807, 2.05) is 0 Å².